The van der Waals surface area contributed by atoms with Crippen molar-refractivity contribution in [1.82, 2.24) is 10.3 Å². The largest absolute Gasteiger partial charge is 0.417 e. The molecule has 3 N–H and O–H groups in total. The topological polar surface area (TPSA) is 104 Å². The van der Waals surface area contributed by atoms with E-state index < -0.39 is 5.76 Å². The Morgan fingerprint density at radius 2 is 1.79 bits per heavy atom. The number of hydrogen-bond donors (Lipinski definition) is 3. The maximum absolute atomic E-state index is 12.9. The fourth-order valence-corrected chi connectivity index (χ4v) is 6.12. The maximum Gasteiger partial charge on any atom is 0.417 e. The zero-order chi connectivity index (χ0) is 19.3. The first-order chi connectivity index (χ1) is 13.5. The SMILES string of the molecule is O=C(CCNC(=O)C12CC3CC(CC(C3)C1)C2)Nc1ccc2oc(=O)[nH]c2c1. The fraction of sp³-hybridized carbons (Fsp3) is 0.571. The number of rotatable bonds is 5. The van der Waals surface area contributed by atoms with Gasteiger partial charge in [-0.2, -0.15) is 0 Å². The van der Waals surface area contributed by atoms with Crippen LogP contribution in [0.3, 0.4) is 0 Å². The number of hydrogen-bond acceptors (Lipinski definition) is 4. The Kier molecular flexibility index (Phi) is 4.07. The van der Waals surface area contributed by atoms with E-state index in [4.69, 9.17) is 4.42 Å². The van der Waals surface area contributed by atoms with Crippen molar-refractivity contribution in [2.24, 2.45) is 23.2 Å². The normalized spacial score (nSPS) is 30.5. The highest BCUT2D eigenvalue weighted by Crippen LogP contribution is 2.60. The van der Waals surface area contributed by atoms with E-state index in [1.165, 1.54) is 19.3 Å². The van der Waals surface area contributed by atoms with Gasteiger partial charge in [0, 0.05) is 24.1 Å². The highest BCUT2D eigenvalue weighted by atomic mass is 16.4. The van der Waals surface area contributed by atoms with Gasteiger partial charge in [0.25, 0.3) is 0 Å². The average molecular weight is 383 g/mol. The Morgan fingerprint density at radius 3 is 2.46 bits per heavy atom. The molecule has 4 saturated carbocycles. The standard InChI is InChI=1S/C21H25N3O4/c25-18(23-15-1-2-17-16(8-15)24-20(27)28-17)3-4-22-19(26)21-9-12-5-13(10-21)7-14(6-12)11-21/h1-2,8,12-14H,3-7,9-11H2,(H,22,26)(H,23,25)(H,24,27). The third-order valence-corrected chi connectivity index (χ3v) is 6.86. The van der Waals surface area contributed by atoms with Gasteiger partial charge in [-0.05, 0) is 74.5 Å². The van der Waals surface area contributed by atoms with Crippen molar-refractivity contribution >= 4 is 28.6 Å². The minimum absolute atomic E-state index is 0.150. The van der Waals surface area contributed by atoms with Crippen LogP contribution in [0.15, 0.2) is 27.4 Å². The van der Waals surface area contributed by atoms with Crippen molar-refractivity contribution in [3.8, 4) is 0 Å². The lowest BCUT2D eigenvalue weighted by molar-refractivity contribution is -0.146. The molecule has 6 rings (SSSR count). The van der Waals surface area contributed by atoms with Crippen LogP contribution in [-0.4, -0.2) is 23.3 Å². The molecule has 0 spiro atoms. The van der Waals surface area contributed by atoms with Gasteiger partial charge in [0.05, 0.1) is 5.52 Å². The van der Waals surface area contributed by atoms with Gasteiger partial charge in [-0.1, -0.05) is 0 Å². The van der Waals surface area contributed by atoms with Gasteiger partial charge in [-0.15, -0.1) is 0 Å². The van der Waals surface area contributed by atoms with E-state index in [2.05, 4.69) is 15.6 Å². The quantitative estimate of drug-likeness (QED) is 0.738. The van der Waals surface area contributed by atoms with Gasteiger partial charge in [-0.3, -0.25) is 14.6 Å². The summed E-state index contributed by atoms with van der Waals surface area (Å²) in [5.74, 6) is 1.64. The molecule has 1 aromatic heterocycles. The molecule has 4 aliphatic carbocycles. The first-order valence-electron chi connectivity index (χ1n) is 10.2. The van der Waals surface area contributed by atoms with Crippen LogP contribution in [0.1, 0.15) is 44.9 Å². The van der Waals surface area contributed by atoms with Crippen LogP contribution in [0.2, 0.25) is 0 Å². The Balaban J connectivity index is 1.15. The minimum Gasteiger partial charge on any atom is -0.408 e. The van der Waals surface area contributed by atoms with Crippen LogP contribution in [0, 0.1) is 23.2 Å². The van der Waals surface area contributed by atoms with Crippen LogP contribution in [-0.2, 0) is 9.59 Å². The molecule has 2 amide bonds. The lowest BCUT2D eigenvalue weighted by Gasteiger charge is -2.55. The molecule has 0 aliphatic heterocycles. The molecule has 0 saturated heterocycles. The van der Waals surface area contributed by atoms with Crippen molar-refractivity contribution < 1.29 is 14.0 Å². The Morgan fingerprint density at radius 1 is 1.11 bits per heavy atom. The zero-order valence-electron chi connectivity index (χ0n) is 15.8. The molecule has 4 fully saturated rings. The number of benzene rings is 1. The number of anilines is 1. The highest BCUT2D eigenvalue weighted by molar-refractivity contribution is 5.93. The van der Waals surface area contributed by atoms with E-state index >= 15 is 0 Å². The van der Waals surface area contributed by atoms with E-state index in [-0.39, 0.29) is 23.7 Å². The smallest absolute Gasteiger partial charge is 0.408 e. The molecule has 0 radical (unpaired) electrons. The molecule has 4 aliphatic rings. The Bertz CT molecular complexity index is 954. The fourth-order valence-electron chi connectivity index (χ4n) is 6.12. The van der Waals surface area contributed by atoms with E-state index in [0.717, 1.165) is 37.0 Å². The molecule has 7 heteroatoms. The number of nitrogens with one attached hydrogen (secondary N) is 3. The van der Waals surface area contributed by atoms with Gasteiger partial charge in [0.15, 0.2) is 5.58 Å². The van der Waals surface area contributed by atoms with Gasteiger partial charge < -0.3 is 15.1 Å². The van der Waals surface area contributed by atoms with Crippen LogP contribution >= 0.6 is 0 Å². The van der Waals surface area contributed by atoms with Crippen molar-refractivity contribution in [3.05, 3.63) is 28.7 Å². The number of oxazole rings is 1. The molecule has 7 nitrogen and oxygen atoms in total. The minimum atomic E-state index is -0.522. The summed E-state index contributed by atoms with van der Waals surface area (Å²) in [6.07, 6.45) is 7.22. The van der Waals surface area contributed by atoms with Gasteiger partial charge in [0.2, 0.25) is 11.8 Å². The lowest BCUT2D eigenvalue weighted by Crippen LogP contribution is -2.53. The zero-order valence-corrected chi connectivity index (χ0v) is 15.8. The molecule has 1 aromatic carbocycles. The van der Waals surface area contributed by atoms with Crippen LogP contribution in [0.5, 0.6) is 0 Å². The summed E-state index contributed by atoms with van der Waals surface area (Å²) in [6.45, 7) is 0.344. The van der Waals surface area contributed by atoms with E-state index in [0.29, 0.717) is 23.3 Å². The van der Waals surface area contributed by atoms with Crippen molar-refractivity contribution in [3.63, 3.8) is 0 Å². The van der Waals surface area contributed by atoms with Crippen molar-refractivity contribution in [2.75, 3.05) is 11.9 Å². The number of aromatic amines is 1. The Labute approximate surface area is 162 Å². The van der Waals surface area contributed by atoms with E-state index in [1.54, 1.807) is 18.2 Å². The lowest BCUT2D eigenvalue weighted by atomic mass is 9.49. The summed E-state index contributed by atoms with van der Waals surface area (Å²) in [4.78, 5) is 38.9. The third-order valence-electron chi connectivity index (χ3n) is 6.86. The van der Waals surface area contributed by atoms with Crippen molar-refractivity contribution in [2.45, 2.75) is 44.9 Å². The summed E-state index contributed by atoms with van der Waals surface area (Å²) in [5, 5.41) is 5.83. The highest BCUT2D eigenvalue weighted by Gasteiger charge is 2.54. The summed E-state index contributed by atoms with van der Waals surface area (Å²) < 4.78 is 4.95. The summed E-state index contributed by atoms with van der Waals surface area (Å²) in [7, 11) is 0. The van der Waals surface area contributed by atoms with Crippen molar-refractivity contribution in [1.29, 1.82) is 0 Å². The number of H-pyrrole nitrogens is 1. The first kappa shape index (κ1) is 17.5. The average Bonchev–Trinajstić information content (AvgIpc) is 2.99. The molecule has 0 atom stereocenters. The number of carbonyl (C=O) groups excluding carboxylic acids is 2. The second-order valence-electron chi connectivity index (χ2n) is 8.98. The molecule has 28 heavy (non-hydrogen) atoms. The Hall–Kier alpha value is -2.57. The molecular formula is C21H25N3O4. The third kappa shape index (κ3) is 3.12. The number of amides is 2. The van der Waals surface area contributed by atoms with E-state index in [9.17, 15) is 14.4 Å². The van der Waals surface area contributed by atoms with Gasteiger partial charge in [-0.25, -0.2) is 4.79 Å². The second-order valence-corrected chi connectivity index (χ2v) is 8.98. The van der Waals surface area contributed by atoms with Gasteiger partial charge in [0.1, 0.15) is 0 Å². The number of aromatic nitrogens is 1. The molecular weight excluding hydrogens is 358 g/mol. The van der Waals surface area contributed by atoms with Crippen LogP contribution in [0.25, 0.3) is 11.1 Å². The maximum atomic E-state index is 12.9. The molecule has 0 unspecified atom stereocenters. The monoisotopic (exact) mass is 383 g/mol. The molecule has 4 bridgehead atoms. The summed E-state index contributed by atoms with van der Waals surface area (Å²) in [5.41, 5.74) is 1.40. The summed E-state index contributed by atoms with van der Waals surface area (Å²) >= 11 is 0. The molecule has 148 valence electrons. The predicted octanol–water partition coefficient (Wildman–Crippen LogP) is 2.78. The van der Waals surface area contributed by atoms with E-state index in [1.807, 2.05) is 0 Å². The number of carbonyl (C=O) groups is 2. The van der Waals surface area contributed by atoms with Crippen LogP contribution in [0.4, 0.5) is 5.69 Å². The first-order valence-corrected chi connectivity index (χ1v) is 10.2. The molecule has 2 aromatic rings. The molecule has 1 heterocycles. The predicted molar refractivity (Wildman–Crippen MR) is 104 cm³/mol. The number of fused-ring (bicyclic) bond motifs is 1. The van der Waals surface area contributed by atoms with Crippen LogP contribution < -0.4 is 16.4 Å². The summed E-state index contributed by atoms with van der Waals surface area (Å²) in [6, 6.07) is 4.98. The van der Waals surface area contributed by atoms with Gasteiger partial charge >= 0.3 is 5.76 Å². The second kappa shape index (κ2) is 6.50.